The topological polar surface area (TPSA) is 30.2 Å². The van der Waals surface area contributed by atoms with Gasteiger partial charge in [0.15, 0.2) is 0 Å². The molecule has 0 saturated carbocycles. The van der Waals surface area contributed by atoms with Gasteiger partial charge < -0.3 is 4.42 Å². The molecule has 0 saturated heterocycles. The van der Waals surface area contributed by atoms with Crippen molar-refractivity contribution in [1.29, 1.82) is 0 Å². The van der Waals surface area contributed by atoms with Gasteiger partial charge >= 0.3 is 5.63 Å². The average molecular weight is 284 g/mol. The van der Waals surface area contributed by atoms with Crippen LogP contribution in [-0.4, -0.2) is 0 Å². The number of unbranched alkanes of at least 4 members (excludes halogenated alkanes) is 5. The minimum absolute atomic E-state index is 0.252. The SMILES string of the molecule is CCCCCCCCc1cc(-c2ccccc2)cc(=O)o1. The van der Waals surface area contributed by atoms with Gasteiger partial charge in [-0.05, 0) is 23.6 Å². The second-order valence-corrected chi connectivity index (χ2v) is 5.52. The van der Waals surface area contributed by atoms with Crippen molar-refractivity contribution in [3.05, 3.63) is 58.6 Å². The van der Waals surface area contributed by atoms with E-state index >= 15 is 0 Å². The molecule has 1 aromatic heterocycles. The lowest BCUT2D eigenvalue weighted by Gasteiger charge is -2.04. The maximum absolute atomic E-state index is 11.7. The summed E-state index contributed by atoms with van der Waals surface area (Å²) in [6.45, 7) is 2.23. The number of rotatable bonds is 8. The molecule has 2 rings (SSSR count). The number of hydrogen-bond acceptors (Lipinski definition) is 2. The summed E-state index contributed by atoms with van der Waals surface area (Å²) in [5.74, 6) is 0.803. The summed E-state index contributed by atoms with van der Waals surface area (Å²) in [5, 5.41) is 0. The van der Waals surface area contributed by atoms with E-state index < -0.39 is 0 Å². The second kappa shape index (κ2) is 8.46. The molecular weight excluding hydrogens is 260 g/mol. The molecule has 0 amide bonds. The van der Waals surface area contributed by atoms with Gasteiger partial charge in [0.1, 0.15) is 5.76 Å². The third-order valence-electron chi connectivity index (χ3n) is 3.71. The van der Waals surface area contributed by atoms with Crippen LogP contribution in [0.4, 0.5) is 0 Å². The molecule has 0 spiro atoms. The fourth-order valence-electron chi connectivity index (χ4n) is 2.53. The van der Waals surface area contributed by atoms with Crippen LogP contribution in [0.15, 0.2) is 51.7 Å². The number of aryl methyl sites for hydroxylation is 1. The molecule has 1 heterocycles. The molecule has 2 nitrogen and oxygen atoms in total. The zero-order chi connectivity index (χ0) is 14.9. The van der Waals surface area contributed by atoms with Gasteiger partial charge in [-0.2, -0.15) is 0 Å². The zero-order valence-electron chi connectivity index (χ0n) is 12.8. The van der Waals surface area contributed by atoms with E-state index in [0.717, 1.165) is 29.7 Å². The van der Waals surface area contributed by atoms with Crippen molar-refractivity contribution < 1.29 is 4.42 Å². The molecule has 0 fully saturated rings. The molecule has 0 N–H and O–H groups in total. The second-order valence-electron chi connectivity index (χ2n) is 5.52. The first kappa shape index (κ1) is 15.6. The highest BCUT2D eigenvalue weighted by Crippen LogP contribution is 2.19. The Kier molecular flexibility index (Phi) is 6.26. The van der Waals surface area contributed by atoms with Crippen LogP contribution in [0.3, 0.4) is 0 Å². The van der Waals surface area contributed by atoms with Crippen LogP contribution in [0.5, 0.6) is 0 Å². The number of benzene rings is 1. The molecule has 21 heavy (non-hydrogen) atoms. The van der Waals surface area contributed by atoms with Gasteiger partial charge in [0.25, 0.3) is 0 Å². The first-order chi connectivity index (χ1) is 10.3. The van der Waals surface area contributed by atoms with Crippen LogP contribution in [0, 0.1) is 0 Å². The van der Waals surface area contributed by atoms with E-state index in [0.29, 0.717) is 0 Å². The summed E-state index contributed by atoms with van der Waals surface area (Å²) in [6, 6.07) is 13.6. The Morgan fingerprint density at radius 1 is 0.857 bits per heavy atom. The summed E-state index contributed by atoms with van der Waals surface area (Å²) >= 11 is 0. The minimum atomic E-state index is -0.252. The summed E-state index contributed by atoms with van der Waals surface area (Å²) < 4.78 is 5.31. The minimum Gasteiger partial charge on any atom is -0.428 e. The Hall–Kier alpha value is -1.83. The highest BCUT2D eigenvalue weighted by Gasteiger charge is 2.04. The van der Waals surface area contributed by atoms with Crippen molar-refractivity contribution in [2.24, 2.45) is 0 Å². The number of hydrogen-bond donors (Lipinski definition) is 0. The first-order valence-corrected chi connectivity index (χ1v) is 7.99. The fraction of sp³-hybridized carbons (Fsp3) is 0.421. The van der Waals surface area contributed by atoms with Crippen LogP contribution in [0.25, 0.3) is 11.1 Å². The van der Waals surface area contributed by atoms with E-state index in [1.807, 2.05) is 36.4 Å². The standard InChI is InChI=1S/C19H24O2/c1-2-3-4-5-6-10-13-18-14-17(15-19(20)21-18)16-11-8-7-9-12-16/h7-9,11-12,14-15H,2-6,10,13H2,1H3. The van der Waals surface area contributed by atoms with Crippen molar-refractivity contribution in [3.8, 4) is 11.1 Å². The van der Waals surface area contributed by atoms with Gasteiger partial charge in [0, 0.05) is 12.5 Å². The van der Waals surface area contributed by atoms with E-state index in [9.17, 15) is 4.79 Å². The molecule has 0 radical (unpaired) electrons. The summed E-state index contributed by atoms with van der Waals surface area (Å²) in [6.07, 6.45) is 8.32. The predicted octanol–water partition coefficient (Wildman–Crippen LogP) is 5.21. The maximum atomic E-state index is 11.7. The summed E-state index contributed by atoms with van der Waals surface area (Å²) in [4.78, 5) is 11.7. The van der Waals surface area contributed by atoms with E-state index in [4.69, 9.17) is 4.42 Å². The van der Waals surface area contributed by atoms with Crippen molar-refractivity contribution >= 4 is 0 Å². The molecule has 1 aromatic carbocycles. The highest BCUT2D eigenvalue weighted by molar-refractivity contribution is 5.62. The third kappa shape index (κ3) is 5.22. The summed E-state index contributed by atoms with van der Waals surface area (Å²) in [7, 11) is 0. The van der Waals surface area contributed by atoms with Gasteiger partial charge in [-0.15, -0.1) is 0 Å². The smallest absolute Gasteiger partial charge is 0.336 e. The molecular formula is C19H24O2. The Morgan fingerprint density at radius 3 is 2.33 bits per heavy atom. The Balaban J connectivity index is 1.95. The molecule has 0 atom stereocenters. The van der Waals surface area contributed by atoms with Gasteiger partial charge in [0.2, 0.25) is 0 Å². The van der Waals surface area contributed by atoms with Crippen LogP contribution < -0.4 is 5.63 Å². The third-order valence-corrected chi connectivity index (χ3v) is 3.71. The average Bonchev–Trinajstić information content (AvgIpc) is 2.51. The molecule has 0 aliphatic heterocycles. The van der Waals surface area contributed by atoms with E-state index in [1.54, 1.807) is 6.07 Å². The molecule has 0 unspecified atom stereocenters. The molecule has 2 aromatic rings. The molecule has 0 aliphatic rings. The maximum Gasteiger partial charge on any atom is 0.336 e. The lowest BCUT2D eigenvalue weighted by molar-refractivity contribution is 0.449. The molecule has 112 valence electrons. The highest BCUT2D eigenvalue weighted by atomic mass is 16.4. The van der Waals surface area contributed by atoms with Crippen molar-refractivity contribution in [2.45, 2.75) is 51.9 Å². The van der Waals surface area contributed by atoms with Gasteiger partial charge in [-0.3, -0.25) is 0 Å². The Bertz CT molecular complexity index is 584. The quantitative estimate of drug-likeness (QED) is 0.623. The van der Waals surface area contributed by atoms with Gasteiger partial charge in [-0.25, -0.2) is 4.79 Å². The van der Waals surface area contributed by atoms with E-state index in [-0.39, 0.29) is 5.63 Å². The largest absolute Gasteiger partial charge is 0.428 e. The van der Waals surface area contributed by atoms with Crippen LogP contribution in [0.2, 0.25) is 0 Å². The van der Waals surface area contributed by atoms with Gasteiger partial charge in [0.05, 0.1) is 0 Å². The van der Waals surface area contributed by atoms with Crippen molar-refractivity contribution in [2.75, 3.05) is 0 Å². The lowest BCUT2D eigenvalue weighted by atomic mass is 10.0. The predicted molar refractivity (Wildman–Crippen MR) is 87.5 cm³/mol. The lowest BCUT2D eigenvalue weighted by Crippen LogP contribution is -2.01. The van der Waals surface area contributed by atoms with Crippen molar-refractivity contribution in [3.63, 3.8) is 0 Å². The monoisotopic (exact) mass is 284 g/mol. The normalized spacial score (nSPS) is 10.7. The van der Waals surface area contributed by atoms with E-state index in [2.05, 4.69) is 6.92 Å². The molecule has 0 bridgehead atoms. The fourth-order valence-corrected chi connectivity index (χ4v) is 2.53. The summed E-state index contributed by atoms with van der Waals surface area (Å²) in [5.41, 5.74) is 1.76. The van der Waals surface area contributed by atoms with E-state index in [1.165, 1.54) is 32.1 Å². The van der Waals surface area contributed by atoms with Crippen molar-refractivity contribution in [1.82, 2.24) is 0 Å². The Labute approximate surface area is 126 Å². The van der Waals surface area contributed by atoms with Gasteiger partial charge in [-0.1, -0.05) is 69.4 Å². The molecule has 0 aliphatic carbocycles. The first-order valence-electron chi connectivity index (χ1n) is 7.99. The molecule has 2 heteroatoms. The van der Waals surface area contributed by atoms with Crippen LogP contribution in [0.1, 0.15) is 51.2 Å². The van der Waals surface area contributed by atoms with Crippen LogP contribution in [-0.2, 0) is 6.42 Å². The zero-order valence-corrected chi connectivity index (χ0v) is 12.8. The van der Waals surface area contributed by atoms with Crippen LogP contribution >= 0.6 is 0 Å². The Morgan fingerprint density at radius 2 is 1.57 bits per heavy atom.